The molecule has 1 fully saturated rings. The van der Waals surface area contributed by atoms with Gasteiger partial charge in [0.15, 0.2) is 0 Å². The highest BCUT2D eigenvalue weighted by Crippen LogP contribution is 2.18. The van der Waals surface area contributed by atoms with Crippen LogP contribution < -0.4 is 10.1 Å². The summed E-state index contributed by atoms with van der Waals surface area (Å²) in [7, 11) is 0. The average molecular weight is 326 g/mol. The number of rotatable bonds is 5. The van der Waals surface area contributed by atoms with Crippen LogP contribution in [0.25, 0.3) is 0 Å². The van der Waals surface area contributed by atoms with E-state index in [1.165, 1.54) is 0 Å². The fourth-order valence-electron chi connectivity index (χ4n) is 2.59. The number of nitrogens with one attached hydrogen (secondary N) is 2. The SMILES string of the molecule is N#Cc1ccc(O[C@@H]2COCC[C@H]2NC(=O)Cc2cnc[nH]2)cc1. The lowest BCUT2D eigenvalue weighted by Crippen LogP contribution is -2.51. The van der Waals surface area contributed by atoms with Crippen molar-refractivity contribution >= 4 is 5.91 Å². The van der Waals surface area contributed by atoms with Crippen LogP contribution in [0.3, 0.4) is 0 Å². The maximum atomic E-state index is 12.2. The lowest BCUT2D eigenvalue weighted by molar-refractivity contribution is -0.123. The van der Waals surface area contributed by atoms with E-state index in [1.54, 1.807) is 36.8 Å². The van der Waals surface area contributed by atoms with Gasteiger partial charge in [-0.2, -0.15) is 5.26 Å². The molecule has 3 rings (SSSR count). The molecule has 124 valence electrons. The average Bonchev–Trinajstić information content (AvgIpc) is 3.10. The van der Waals surface area contributed by atoms with Gasteiger partial charge in [-0.3, -0.25) is 4.79 Å². The molecule has 0 spiro atoms. The van der Waals surface area contributed by atoms with Crippen LogP contribution in [0.1, 0.15) is 17.7 Å². The van der Waals surface area contributed by atoms with Gasteiger partial charge in [0, 0.05) is 18.5 Å². The minimum Gasteiger partial charge on any atom is -0.486 e. The molecule has 24 heavy (non-hydrogen) atoms. The fraction of sp³-hybridized carbons (Fsp3) is 0.353. The maximum absolute atomic E-state index is 12.2. The molecule has 7 heteroatoms. The zero-order valence-electron chi connectivity index (χ0n) is 13.1. The number of aromatic amines is 1. The lowest BCUT2D eigenvalue weighted by atomic mass is 10.1. The Morgan fingerprint density at radius 2 is 2.29 bits per heavy atom. The van der Waals surface area contributed by atoms with Gasteiger partial charge < -0.3 is 19.8 Å². The Labute approximate surface area is 139 Å². The van der Waals surface area contributed by atoms with Gasteiger partial charge in [0.1, 0.15) is 11.9 Å². The van der Waals surface area contributed by atoms with Crippen LogP contribution in [-0.4, -0.2) is 41.2 Å². The van der Waals surface area contributed by atoms with Gasteiger partial charge in [-0.15, -0.1) is 0 Å². The highest BCUT2D eigenvalue weighted by molar-refractivity contribution is 5.78. The largest absolute Gasteiger partial charge is 0.486 e. The Kier molecular flexibility index (Phi) is 5.08. The van der Waals surface area contributed by atoms with Crippen LogP contribution in [0, 0.1) is 11.3 Å². The Hall–Kier alpha value is -2.85. The number of aromatic nitrogens is 2. The standard InChI is InChI=1S/C17H18N4O3/c18-8-12-1-3-14(4-2-12)24-16-10-23-6-5-15(16)21-17(22)7-13-9-19-11-20-13/h1-4,9,11,15-16H,5-7,10H2,(H,19,20)(H,21,22)/t15-,16-/m1/s1. The number of H-pyrrole nitrogens is 1. The van der Waals surface area contributed by atoms with Crippen molar-refractivity contribution in [3.05, 3.63) is 48.0 Å². The van der Waals surface area contributed by atoms with Gasteiger partial charge in [0.25, 0.3) is 0 Å². The van der Waals surface area contributed by atoms with Gasteiger partial charge in [-0.05, 0) is 30.7 Å². The third kappa shape index (κ3) is 4.12. The molecule has 0 radical (unpaired) electrons. The fourth-order valence-corrected chi connectivity index (χ4v) is 2.59. The van der Waals surface area contributed by atoms with Crippen molar-refractivity contribution in [3.63, 3.8) is 0 Å². The minimum atomic E-state index is -0.266. The van der Waals surface area contributed by atoms with E-state index in [9.17, 15) is 4.79 Å². The van der Waals surface area contributed by atoms with E-state index in [0.29, 0.717) is 30.9 Å². The number of hydrogen-bond acceptors (Lipinski definition) is 5. The number of hydrogen-bond donors (Lipinski definition) is 2. The number of ether oxygens (including phenoxy) is 2. The minimum absolute atomic E-state index is 0.0837. The van der Waals surface area contributed by atoms with Crippen LogP contribution in [-0.2, 0) is 16.0 Å². The second kappa shape index (κ2) is 7.62. The third-order valence-corrected chi connectivity index (χ3v) is 3.83. The van der Waals surface area contributed by atoms with E-state index < -0.39 is 0 Å². The van der Waals surface area contributed by atoms with Crippen LogP contribution in [0.2, 0.25) is 0 Å². The molecule has 2 aromatic rings. The first-order valence-electron chi connectivity index (χ1n) is 7.76. The molecule has 1 aliphatic heterocycles. The van der Waals surface area contributed by atoms with Gasteiger partial charge >= 0.3 is 0 Å². The number of nitriles is 1. The zero-order chi connectivity index (χ0) is 16.8. The summed E-state index contributed by atoms with van der Waals surface area (Å²) in [6, 6.07) is 8.84. The molecule has 1 amide bonds. The molecule has 2 atom stereocenters. The van der Waals surface area contributed by atoms with Gasteiger partial charge in [0.2, 0.25) is 5.91 Å². The summed E-state index contributed by atoms with van der Waals surface area (Å²) >= 11 is 0. The Morgan fingerprint density at radius 3 is 3.00 bits per heavy atom. The molecule has 1 aromatic heterocycles. The molecule has 0 aliphatic carbocycles. The van der Waals surface area contributed by atoms with Crippen molar-refractivity contribution in [3.8, 4) is 11.8 Å². The van der Waals surface area contributed by atoms with Crippen LogP contribution >= 0.6 is 0 Å². The van der Waals surface area contributed by atoms with E-state index in [1.807, 2.05) is 0 Å². The highest BCUT2D eigenvalue weighted by atomic mass is 16.5. The summed E-state index contributed by atoms with van der Waals surface area (Å²) < 4.78 is 11.4. The Morgan fingerprint density at radius 1 is 1.46 bits per heavy atom. The predicted molar refractivity (Wildman–Crippen MR) is 85.2 cm³/mol. The molecule has 2 N–H and O–H groups in total. The van der Waals surface area contributed by atoms with Gasteiger partial charge in [0.05, 0.1) is 37.0 Å². The summed E-state index contributed by atoms with van der Waals surface area (Å²) in [6.07, 6.45) is 3.86. The zero-order valence-corrected chi connectivity index (χ0v) is 13.1. The van der Waals surface area contributed by atoms with Crippen molar-refractivity contribution in [2.75, 3.05) is 13.2 Å². The first-order chi connectivity index (χ1) is 11.7. The molecule has 1 aromatic carbocycles. The van der Waals surface area contributed by atoms with Crippen molar-refractivity contribution in [1.29, 1.82) is 5.26 Å². The van der Waals surface area contributed by atoms with Gasteiger partial charge in [-0.25, -0.2) is 4.98 Å². The van der Waals surface area contributed by atoms with Crippen molar-refractivity contribution in [2.24, 2.45) is 0 Å². The van der Waals surface area contributed by atoms with E-state index in [4.69, 9.17) is 14.7 Å². The highest BCUT2D eigenvalue weighted by Gasteiger charge is 2.29. The number of carbonyl (C=O) groups excluding carboxylic acids is 1. The number of amides is 1. The van der Waals surface area contributed by atoms with E-state index in [-0.39, 0.29) is 24.5 Å². The second-order valence-electron chi connectivity index (χ2n) is 5.58. The molecule has 2 heterocycles. The molecule has 7 nitrogen and oxygen atoms in total. The summed E-state index contributed by atoms with van der Waals surface area (Å²) in [5.41, 5.74) is 1.34. The van der Waals surface area contributed by atoms with Crippen LogP contribution in [0.15, 0.2) is 36.8 Å². The van der Waals surface area contributed by atoms with E-state index >= 15 is 0 Å². The van der Waals surface area contributed by atoms with Crippen LogP contribution in [0.4, 0.5) is 0 Å². The number of imidazole rings is 1. The van der Waals surface area contributed by atoms with Crippen molar-refractivity contribution in [2.45, 2.75) is 25.0 Å². The monoisotopic (exact) mass is 326 g/mol. The smallest absolute Gasteiger partial charge is 0.226 e. The van der Waals surface area contributed by atoms with E-state index in [2.05, 4.69) is 21.4 Å². The maximum Gasteiger partial charge on any atom is 0.226 e. The molecule has 1 aliphatic rings. The first-order valence-corrected chi connectivity index (χ1v) is 7.76. The lowest BCUT2D eigenvalue weighted by Gasteiger charge is -2.32. The quantitative estimate of drug-likeness (QED) is 0.859. The van der Waals surface area contributed by atoms with Crippen molar-refractivity contribution in [1.82, 2.24) is 15.3 Å². The molecule has 0 unspecified atom stereocenters. The second-order valence-corrected chi connectivity index (χ2v) is 5.58. The Bertz CT molecular complexity index is 706. The van der Waals surface area contributed by atoms with E-state index in [0.717, 1.165) is 5.69 Å². The molecular weight excluding hydrogens is 308 g/mol. The molecule has 0 saturated carbocycles. The normalized spacial score (nSPS) is 20.1. The van der Waals surface area contributed by atoms with Crippen LogP contribution in [0.5, 0.6) is 5.75 Å². The summed E-state index contributed by atoms with van der Waals surface area (Å²) in [5, 5.41) is 11.8. The predicted octanol–water partition coefficient (Wildman–Crippen LogP) is 1.18. The number of benzene rings is 1. The van der Waals surface area contributed by atoms with Crippen molar-refractivity contribution < 1.29 is 14.3 Å². The topological polar surface area (TPSA) is 100 Å². The molecule has 0 bridgehead atoms. The molecule has 1 saturated heterocycles. The summed E-state index contributed by atoms with van der Waals surface area (Å²) in [5.74, 6) is 0.567. The number of nitrogens with zero attached hydrogens (tertiary/aromatic N) is 2. The Balaban J connectivity index is 1.60. The molecular formula is C17H18N4O3. The number of carbonyl (C=O) groups is 1. The third-order valence-electron chi connectivity index (χ3n) is 3.83. The summed E-state index contributed by atoms with van der Waals surface area (Å²) in [4.78, 5) is 19.0. The van der Waals surface area contributed by atoms with Gasteiger partial charge in [-0.1, -0.05) is 0 Å². The summed E-state index contributed by atoms with van der Waals surface area (Å²) in [6.45, 7) is 0.997. The first kappa shape index (κ1) is 16.0.